The molecule has 1 saturated heterocycles. The van der Waals surface area contributed by atoms with E-state index in [1.807, 2.05) is 12.1 Å². The number of carbonyl (C=O) groups is 1. The summed E-state index contributed by atoms with van der Waals surface area (Å²) in [4.78, 5) is 12.3. The van der Waals surface area contributed by atoms with Crippen molar-refractivity contribution in [1.29, 1.82) is 0 Å². The Morgan fingerprint density at radius 3 is 2.64 bits per heavy atom. The van der Waals surface area contributed by atoms with Crippen molar-refractivity contribution >= 4 is 16.7 Å². The van der Waals surface area contributed by atoms with Crippen molar-refractivity contribution in [3.8, 4) is 0 Å². The highest BCUT2D eigenvalue weighted by atomic mass is 16.2. The van der Waals surface area contributed by atoms with Crippen LogP contribution in [0, 0.1) is 0 Å². The first-order valence-corrected chi connectivity index (χ1v) is 7.93. The van der Waals surface area contributed by atoms with E-state index in [-0.39, 0.29) is 5.91 Å². The molecule has 4 N–H and O–H groups in total. The van der Waals surface area contributed by atoms with Crippen LogP contribution in [0.2, 0.25) is 0 Å². The van der Waals surface area contributed by atoms with Gasteiger partial charge in [0.25, 0.3) is 0 Å². The number of nitrogens with two attached hydrogens (primary N) is 1. The van der Waals surface area contributed by atoms with Crippen molar-refractivity contribution in [3.63, 3.8) is 0 Å². The lowest BCUT2D eigenvalue weighted by atomic mass is 9.88. The third-order valence-electron chi connectivity index (χ3n) is 4.46. The van der Waals surface area contributed by atoms with Gasteiger partial charge in [0.15, 0.2) is 0 Å². The van der Waals surface area contributed by atoms with Crippen LogP contribution >= 0.6 is 0 Å². The Labute approximate surface area is 131 Å². The number of rotatable bonds is 4. The lowest BCUT2D eigenvalue weighted by molar-refractivity contribution is -0.127. The van der Waals surface area contributed by atoms with Crippen molar-refractivity contribution < 1.29 is 4.79 Å². The molecule has 0 aliphatic carbocycles. The van der Waals surface area contributed by atoms with Crippen molar-refractivity contribution in [1.82, 2.24) is 10.6 Å². The zero-order valence-corrected chi connectivity index (χ0v) is 12.8. The van der Waals surface area contributed by atoms with Crippen LogP contribution in [0.1, 0.15) is 18.4 Å². The van der Waals surface area contributed by atoms with E-state index in [1.165, 1.54) is 16.3 Å². The van der Waals surface area contributed by atoms with Gasteiger partial charge in [-0.2, -0.15) is 0 Å². The molecule has 1 heterocycles. The van der Waals surface area contributed by atoms with Crippen LogP contribution in [0.5, 0.6) is 0 Å². The van der Waals surface area contributed by atoms with Gasteiger partial charge < -0.3 is 16.4 Å². The Hall–Kier alpha value is -1.91. The summed E-state index contributed by atoms with van der Waals surface area (Å²) in [7, 11) is 0. The minimum absolute atomic E-state index is 0.0187. The summed E-state index contributed by atoms with van der Waals surface area (Å²) < 4.78 is 0. The normalized spacial score (nSPS) is 17.3. The summed E-state index contributed by atoms with van der Waals surface area (Å²) in [6.07, 6.45) is 2.23. The molecule has 0 atom stereocenters. The molecule has 0 radical (unpaired) electrons. The van der Waals surface area contributed by atoms with E-state index in [4.69, 9.17) is 5.73 Å². The first kappa shape index (κ1) is 15.0. The molecule has 2 aromatic rings. The van der Waals surface area contributed by atoms with Gasteiger partial charge in [-0.05, 0) is 48.7 Å². The number of hydrogen-bond donors (Lipinski definition) is 3. The third-order valence-corrected chi connectivity index (χ3v) is 4.46. The smallest absolute Gasteiger partial charge is 0.240 e. The van der Waals surface area contributed by atoms with Gasteiger partial charge in [0.2, 0.25) is 5.91 Å². The Bertz CT molecular complexity index is 662. The Kier molecular flexibility index (Phi) is 4.41. The number of amides is 1. The van der Waals surface area contributed by atoms with Gasteiger partial charge in [-0.15, -0.1) is 0 Å². The average Bonchev–Trinajstić information content (AvgIpc) is 2.55. The van der Waals surface area contributed by atoms with Gasteiger partial charge >= 0.3 is 0 Å². The number of piperidine rings is 1. The Morgan fingerprint density at radius 1 is 1.14 bits per heavy atom. The number of carbonyl (C=O) groups excluding carboxylic acids is 1. The fraction of sp³-hybridized carbons (Fsp3) is 0.389. The van der Waals surface area contributed by atoms with Gasteiger partial charge in [-0.25, -0.2) is 0 Å². The summed E-state index contributed by atoms with van der Waals surface area (Å²) in [5, 5.41) is 8.71. The maximum absolute atomic E-state index is 12.3. The third kappa shape index (κ3) is 3.29. The molecular weight excluding hydrogens is 274 g/mol. The molecule has 0 unspecified atom stereocenters. The van der Waals surface area contributed by atoms with Crippen LogP contribution in [-0.4, -0.2) is 31.1 Å². The quantitative estimate of drug-likeness (QED) is 0.802. The van der Waals surface area contributed by atoms with Gasteiger partial charge in [0.1, 0.15) is 0 Å². The summed E-state index contributed by atoms with van der Waals surface area (Å²) in [5.74, 6) is -0.0187. The maximum Gasteiger partial charge on any atom is 0.240 e. The molecule has 2 aromatic carbocycles. The van der Waals surface area contributed by atoms with Gasteiger partial charge in [-0.1, -0.05) is 42.5 Å². The highest BCUT2D eigenvalue weighted by Crippen LogP contribution is 2.17. The fourth-order valence-electron chi connectivity index (χ4n) is 2.99. The largest absolute Gasteiger partial charge is 0.354 e. The van der Waals surface area contributed by atoms with Crippen molar-refractivity contribution in [2.24, 2.45) is 5.73 Å². The standard InChI is InChI=1S/C18H23N3O/c19-18(8-11-20-12-9-18)17(22)21-10-7-14-5-6-15-3-1-2-4-16(15)13-14/h1-6,13,20H,7-12,19H2,(H,21,22). The summed E-state index contributed by atoms with van der Waals surface area (Å²) in [6, 6.07) is 14.7. The van der Waals surface area contributed by atoms with E-state index in [1.54, 1.807) is 0 Å². The molecule has 0 spiro atoms. The van der Waals surface area contributed by atoms with Crippen molar-refractivity contribution in [2.75, 3.05) is 19.6 Å². The lowest BCUT2D eigenvalue weighted by Gasteiger charge is -2.32. The van der Waals surface area contributed by atoms with Crippen LogP contribution in [0.25, 0.3) is 10.8 Å². The Morgan fingerprint density at radius 2 is 1.86 bits per heavy atom. The molecule has 4 nitrogen and oxygen atoms in total. The summed E-state index contributed by atoms with van der Waals surface area (Å²) in [5.41, 5.74) is 6.74. The monoisotopic (exact) mass is 297 g/mol. The highest BCUT2D eigenvalue weighted by Gasteiger charge is 2.34. The maximum atomic E-state index is 12.3. The Balaban J connectivity index is 1.56. The second-order valence-corrected chi connectivity index (χ2v) is 6.09. The van der Waals surface area contributed by atoms with Crippen molar-refractivity contribution in [2.45, 2.75) is 24.8 Å². The van der Waals surface area contributed by atoms with Crippen LogP contribution in [-0.2, 0) is 11.2 Å². The molecule has 1 aliphatic heterocycles. The molecule has 1 amide bonds. The van der Waals surface area contributed by atoms with Gasteiger partial charge in [0, 0.05) is 6.54 Å². The van der Waals surface area contributed by atoms with E-state index in [0.717, 1.165) is 19.5 Å². The average molecular weight is 297 g/mol. The molecule has 116 valence electrons. The van der Waals surface area contributed by atoms with E-state index >= 15 is 0 Å². The van der Waals surface area contributed by atoms with E-state index in [2.05, 4.69) is 41.0 Å². The van der Waals surface area contributed by atoms with Gasteiger partial charge in [-0.3, -0.25) is 4.79 Å². The zero-order valence-electron chi connectivity index (χ0n) is 12.8. The van der Waals surface area contributed by atoms with Crippen LogP contribution in [0.4, 0.5) is 0 Å². The predicted octanol–water partition coefficient (Wildman–Crippen LogP) is 1.58. The minimum atomic E-state index is -0.700. The van der Waals surface area contributed by atoms with E-state index < -0.39 is 5.54 Å². The summed E-state index contributed by atoms with van der Waals surface area (Å²) >= 11 is 0. The number of benzene rings is 2. The SMILES string of the molecule is NC1(C(=O)NCCc2ccc3ccccc3c2)CCNCC1. The first-order valence-electron chi connectivity index (χ1n) is 7.93. The van der Waals surface area contributed by atoms with Crippen LogP contribution in [0.3, 0.4) is 0 Å². The second-order valence-electron chi connectivity index (χ2n) is 6.09. The van der Waals surface area contributed by atoms with Crippen LogP contribution < -0.4 is 16.4 Å². The molecule has 22 heavy (non-hydrogen) atoms. The zero-order chi connectivity index (χ0) is 15.4. The predicted molar refractivity (Wildman–Crippen MR) is 89.7 cm³/mol. The molecule has 1 aliphatic rings. The highest BCUT2D eigenvalue weighted by molar-refractivity contribution is 5.86. The first-order chi connectivity index (χ1) is 10.7. The number of hydrogen-bond acceptors (Lipinski definition) is 3. The fourth-order valence-corrected chi connectivity index (χ4v) is 2.99. The molecule has 1 fully saturated rings. The number of nitrogens with one attached hydrogen (secondary N) is 2. The lowest BCUT2D eigenvalue weighted by Crippen LogP contribution is -2.59. The molecule has 0 aromatic heterocycles. The minimum Gasteiger partial charge on any atom is -0.354 e. The molecular formula is C18H23N3O. The topological polar surface area (TPSA) is 67.2 Å². The molecule has 3 rings (SSSR count). The molecule has 0 bridgehead atoms. The summed E-state index contributed by atoms with van der Waals surface area (Å²) in [6.45, 7) is 2.26. The van der Waals surface area contributed by atoms with Crippen molar-refractivity contribution in [3.05, 3.63) is 48.0 Å². The van der Waals surface area contributed by atoms with E-state index in [9.17, 15) is 4.79 Å². The van der Waals surface area contributed by atoms with Gasteiger partial charge in [0.05, 0.1) is 5.54 Å². The number of fused-ring (bicyclic) bond motifs is 1. The molecule has 4 heteroatoms. The van der Waals surface area contributed by atoms with E-state index in [0.29, 0.717) is 19.4 Å². The molecule has 0 saturated carbocycles. The van der Waals surface area contributed by atoms with Crippen LogP contribution in [0.15, 0.2) is 42.5 Å². The second kappa shape index (κ2) is 6.46.